The molecule has 0 aliphatic rings. The van der Waals surface area contributed by atoms with Crippen molar-refractivity contribution < 1.29 is 13.2 Å². The summed E-state index contributed by atoms with van der Waals surface area (Å²) in [6, 6.07) is -1.02. The molecule has 1 rings (SSSR count). The molecule has 0 spiro atoms. The smallest absolute Gasteiger partial charge is 0.324 e. The second-order valence-corrected chi connectivity index (χ2v) is 2.87. The van der Waals surface area contributed by atoms with Crippen molar-refractivity contribution in [3.8, 4) is 0 Å². The first-order valence-corrected chi connectivity index (χ1v) is 3.69. The number of hydrogen-bond acceptors (Lipinski definition) is 2. The van der Waals surface area contributed by atoms with E-state index >= 15 is 0 Å². The SMILES string of the molecule is Cn1cc(C(N)CC(F)(F)F)cn1. The number of alkyl halides is 3. The first kappa shape index (κ1) is 10.0. The van der Waals surface area contributed by atoms with Crippen LogP contribution in [-0.2, 0) is 7.05 Å². The summed E-state index contributed by atoms with van der Waals surface area (Å²) in [7, 11) is 1.63. The maximum Gasteiger partial charge on any atom is 0.390 e. The van der Waals surface area contributed by atoms with E-state index in [1.807, 2.05) is 0 Å². The first-order chi connectivity index (χ1) is 5.88. The van der Waals surface area contributed by atoms with E-state index in [0.29, 0.717) is 5.56 Å². The van der Waals surface area contributed by atoms with E-state index in [-0.39, 0.29) is 0 Å². The van der Waals surface area contributed by atoms with Gasteiger partial charge >= 0.3 is 6.18 Å². The maximum atomic E-state index is 11.9. The molecule has 1 heterocycles. The highest BCUT2D eigenvalue weighted by Crippen LogP contribution is 2.27. The van der Waals surface area contributed by atoms with Crippen LogP contribution in [0.5, 0.6) is 0 Å². The van der Waals surface area contributed by atoms with E-state index in [0.717, 1.165) is 0 Å². The highest BCUT2D eigenvalue weighted by molar-refractivity contribution is 5.09. The van der Waals surface area contributed by atoms with E-state index in [1.54, 1.807) is 7.05 Å². The van der Waals surface area contributed by atoms with Crippen molar-refractivity contribution in [2.24, 2.45) is 12.8 Å². The third-order valence-corrected chi connectivity index (χ3v) is 1.60. The van der Waals surface area contributed by atoms with Gasteiger partial charge in [-0.15, -0.1) is 0 Å². The number of aryl methyl sites for hydroxylation is 1. The van der Waals surface area contributed by atoms with Crippen LogP contribution in [0.2, 0.25) is 0 Å². The van der Waals surface area contributed by atoms with Crippen LogP contribution < -0.4 is 5.73 Å². The van der Waals surface area contributed by atoms with Gasteiger partial charge in [0.15, 0.2) is 0 Å². The minimum absolute atomic E-state index is 0.403. The van der Waals surface area contributed by atoms with Gasteiger partial charge in [-0.05, 0) is 0 Å². The van der Waals surface area contributed by atoms with Gasteiger partial charge in [0.2, 0.25) is 0 Å². The minimum atomic E-state index is -4.23. The Balaban J connectivity index is 2.64. The molecule has 0 saturated carbocycles. The van der Waals surface area contributed by atoms with Crippen molar-refractivity contribution in [1.29, 1.82) is 0 Å². The number of aromatic nitrogens is 2. The van der Waals surface area contributed by atoms with Crippen LogP contribution >= 0.6 is 0 Å². The van der Waals surface area contributed by atoms with Crippen LogP contribution in [0.4, 0.5) is 13.2 Å². The van der Waals surface area contributed by atoms with Crippen LogP contribution in [-0.4, -0.2) is 16.0 Å². The lowest BCUT2D eigenvalue weighted by Crippen LogP contribution is -2.19. The van der Waals surface area contributed by atoms with Crippen LogP contribution in [0, 0.1) is 0 Å². The van der Waals surface area contributed by atoms with Gasteiger partial charge in [0.1, 0.15) is 0 Å². The Morgan fingerprint density at radius 1 is 1.62 bits per heavy atom. The molecule has 1 atom stereocenters. The van der Waals surface area contributed by atoms with Gasteiger partial charge in [-0.25, -0.2) is 0 Å². The summed E-state index contributed by atoms with van der Waals surface area (Å²) in [4.78, 5) is 0. The fourth-order valence-electron chi connectivity index (χ4n) is 0.999. The molecule has 0 saturated heterocycles. The van der Waals surface area contributed by atoms with Crippen molar-refractivity contribution in [1.82, 2.24) is 9.78 Å². The number of nitrogens with two attached hydrogens (primary N) is 1. The topological polar surface area (TPSA) is 43.8 Å². The molecule has 1 aromatic heterocycles. The zero-order valence-corrected chi connectivity index (χ0v) is 7.04. The van der Waals surface area contributed by atoms with E-state index in [4.69, 9.17) is 5.73 Å². The summed E-state index contributed by atoms with van der Waals surface area (Å²) in [5.74, 6) is 0. The molecule has 6 heteroatoms. The molecule has 0 bridgehead atoms. The Morgan fingerprint density at radius 2 is 2.23 bits per heavy atom. The molecule has 74 valence electrons. The average molecular weight is 193 g/mol. The second kappa shape index (κ2) is 3.37. The van der Waals surface area contributed by atoms with Gasteiger partial charge in [0.25, 0.3) is 0 Å². The van der Waals surface area contributed by atoms with Gasteiger partial charge in [-0.1, -0.05) is 0 Å². The Labute approximate surface area is 73.3 Å². The highest BCUT2D eigenvalue weighted by Gasteiger charge is 2.31. The Bertz CT molecular complexity index is 279. The van der Waals surface area contributed by atoms with Crippen molar-refractivity contribution in [3.05, 3.63) is 18.0 Å². The highest BCUT2D eigenvalue weighted by atomic mass is 19.4. The summed E-state index contributed by atoms with van der Waals surface area (Å²) in [5.41, 5.74) is 5.72. The van der Waals surface area contributed by atoms with E-state index in [2.05, 4.69) is 5.10 Å². The number of nitrogens with zero attached hydrogens (tertiary/aromatic N) is 2. The molecule has 0 aromatic carbocycles. The summed E-state index contributed by atoms with van der Waals surface area (Å²) < 4.78 is 37.1. The predicted octanol–water partition coefficient (Wildman–Crippen LogP) is 1.37. The molecule has 13 heavy (non-hydrogen) atoms. The molecule has 0 amide bonds. The Hall–Kier alpha value is -1.04. The Morgan fingerprint density at radius 3 is 2.62 bits per heavy atom. The zero-order chi connectivity index (χ0) is 10.1. The van der Waals surface area contributed by atoms with Crippen molar-refractivity contribution in [2.75, 3.05) is 0 Å². The van der Waals surface area contributed by atoms with E-state index < -0.39 is 18.6 Å². The van der Waals surface area contributed by atoms with Crippen LogP contribution in [0.1, 0.15) is 18.0 Å². The predicted molar refractivity (Wildman–Crippen MR) is 40.8 cm³/mol. The van der Waals surface area contributed by atoms with E-state index in [9.17, 15) is 13.2 Å². The van der Waals surface area contributed by atoms with Crippen molar-refractivity contribution in [2.45, 2.75) is 18.6 Å². The van der Waals surface area contributed by atoms with Crippen molar-refractivity contribution in [3.63, 3.8) is 0 Å². The van der Waals surface area contributed by atoms with Gasteiger partial charge in [0, 0.05) is 24.8 Å². The summed E-state index contributed by atoms with van der Waals surface area (Å²) >= 11 is 0. The standard InChI is InChI=1S/C7H10F3N3/c1-13-4-5(3-12-13)6(11)2-7(8,9)10/h3-4,6H,2,11H2,1H3. The monoisotopic (exact) mass is 193 g/mol. The largest absolute Gasteiger partial charge is 0.390 e. The quantitative estimate of drug-likeness (QED) is 0.770. The molecular formula is C7H10F3N3. The molecule has 3 nitrogen and oxygen atoms in total. The second-order valence-electron chi connectivity index (χ2n) is 2.87. The lowest BCUT2D eigenvalue weighted by molar-refractivity contribution is -0.138. The summed E-state index contributed by atoms with van der Waals surface area (Å²) in [5, 5.41) is 3.74. The number of rotatable bonds is 2. The fourth-order valence-corrected chi connectivity index (χ4v) is 0.999. The summed E-state index contributed by atoms with van der Waals surface area (Å²) in [6.45, 7) is 0. The van der Waals surface area contributed by atoms with Crippen LogP contribution in [0.25, 0.3) is 0 Å². The average Bonchev–Trinajstić information content (AvgIpc) is 2.31. The molecular weight excluding hydrogens is 183 g/mol. The van der Waals surface area contributed by atoms with E-state index in [1.165, 1.54) is 17.1 Å². The fraction of sp³-hybridized carbons (Fsp3) is 0.571. The molecule has 0 radical (unpaired) electrons. The third-order valence-electron chi connectivity index (χ3n) is 1.60. The molecule has 0 aliphatic carbocycles. The summed E-state index contributed by atoms with van der Waals surface area (Å²) in [6.07, 6.45) is -2.42. The third kappa shape index (κ3) is 3.06. The number of hydrogen-bond donors (Lipinski definition) is 1. The van der Waals surface area contributed by atoms with Crippen molar-refractivity contribution >= 4 is 0 Å². The number of halogens is 3. The Kier molecular flexibility index (Phi) is 2.60. The van der Waals surface area contributed by atoms with Crippen LogP contribution in [0.3, 0.4) is 0 Å². The maximum absolute atomic E-state index is 11.9. The zero-order valence-electron chi connectivity index (χ0n) is 7.04. The van der Waals surface area contributed by atoms with Gasteiger partial charge in [-0.2, -0.15) is 18.3 Å². The lowest BCUT2D eigenvalue weighted by atomic mass is 10.1. The van der Waals surface area contributed by atoms with Crippen LogP contribution in [0.15, 0.2) is 12.4 Å². The lowest BCUT2D eigenvalue weighted by Gasteiger charge is -2.11. The normalized spacial score (nSPS) is 14.5. The minimum Gasteiger partial charge on any atom is -0.324 e. The molecule has 1 aromatic rings. The molecule has 0 aliphatic heterocycles. The van der Waals surface area contributed by atoms with Gasteiger partial charge in [-0.3, -0.25) is 4.68 Å². The molecule has 0 fully saturated rings. The van der Waals surface area contributed by atoms with Gasteiger partial charge in [0.05, 0.1) is 12.6 Å². The molecule has 1 unspecified atom stereocenters. The molecule has 2 N–H and O–H groups in total. The first-order valence-electron chi connectivity index (χ1n) is 3.69. The van der Waals surface area contributed by atoms with Gasteiger partial charge < -0.3 is 5.73 Å².